The van der Waals surface area contributed by atoms with Gasteiger partial charge in [0.25, 0.3) is 5.91 Å². The fourth-order valence-corrected chi connectivity index (χ4v) is 2.23. The van der Waals surface area contributed by atoms with Gasteiger partial charge in [-0.05, 0) is 37.1 Å². The van der Waals surface area contributed by atoms with Crippen LogP contribution in [0.25, 0.3) is 0 Å². The third-order valence-corrected chi connectivity index (χ3v) is 3.54. The first kappa shape index (κ1) is 19.1. The number of rotatable bonds is 8. The highest BCUT2D eigenvalue weighted by Crippen LogP contribution is 2.18. The van der Waals surface area contributed by atoms with Gasteiger partial charge >= 0.3 is 0 Å². The van der Waals surface area contributed by atoms with Crippen LogP contribution in [-0.2, 0) is 11.2 Å². The summed E-state index contributed by atoms with van der Waals surface area (Å²) in [6, 6.07) is 17.0. The Hall–Kier alpha value is -3.19. The van der Waals surface area contributed by atoms with Crippen LogP contribution >= 0.6 is 0 Å². The number of hydrogen-bond donors (Lipinski definition) is 1. The molecule has 2 aromatic rings. The fourth-order valence-electron chi connectivity index (χ4n) is 2.23. The number of ether oxygens (including phenoxy) is 2. The lowest BCUT2D eigenvalue weighted by Gasteiger charge is -2.13. The van der Waals surface area contributed by atoms with E-state index in [-0.39, 0.29) is 19.1 Å². The molecule has 0 heterocycles. The van der Waals surface area contributed by atoms with Crippen molar-refractivity contribution in [2.24, 2.45) is 0 Å². The Morgan fingerprint density at radius 2 is 1.88 bits per heavy atom. The molecule has 26 heavy (non-hydrogen) atoms. The Morgan fingerprint density at radius 3 is 2.65 bits per heavy atom. The molecular formula is C22H23NO3. The second-order valence-electron chi connectivity index (χ2n) is 5.53. The van der Waals surface area contributed by atoms with Crippen molar-refractivity contribution in [2.75, 3.05) is 13.2 Å². The molecule has 1 N–H and O–H groups in total. The van der Waals surface area contributed by atoms with Crippen LogP contribution in [0.3, 0.4) is 0 Å². The van der Waals surface area contributed by atoms with E-state index >= 15 is 0 Å². The van der Waals surface area contributed by atoms with E-state index in [1.165, 1.54) is 0 Å². The molecule has 0 spiro atoms. The molecule has 0 aliphatic heterocycles. The molecule has 0 aliphatic carbocycles. The van der Waals surface area contributed by atoms with Crippen molar-refractivity contribution < 1.29 is 14.3 Å². The number of para-hydroxylation sites is 2. The van der Waals surface area contributed by atoms with Gasteiger partial charge < -0.3 is 14.8 Å². The Morgan fingerprint density at radius 1 is 1.15 bits per heavy atom. The predicted molar refractivity (Wildman–Crippen MR) is 103 cm³/mol. The summed E-state index contributed by atoms with van der Waals surface area (Å²) in [5.41, 5.74) is 1.07. The normalized spacial score (nSPS) is 10.8. The zero-order valence-electron chi connectivity index (χ0n) is 14.9. The van der Waals surface area contributed by atoms with Crippen LogP contribution in [0.2, 0.25) is 0 Å². The topological polar surface area (TPSA) is 47.6 Å². The third-order valence-electron chi connectivity index (χ3n) is 3.54. The molecule has 0 aromatic heterocycles. The monoisotopic (exact) mass is 349 g/mol. The summed E-state index contributed by atoms with van der Waals surface area (Å²) in [6.07, 6.45) is 2.00. The molecule has 1 unspecified atom stereocenters. The first-order chi connectivity index (χ1) is 12.7. The SMILES string of the molecule is C=CCc1ccccc1OCC#CCNC(=O)C(C)Oc1ccccc1. The van der Waals surface area contributed by atoms with Gasteiger partial charge in [-0.3, -0.25) is 4.79 Å². The molecule has 0 radical (unpaired) electrons. The van der Waals surface area contributed by atoms with Crippen LogP contribution in [0.5, 0.6) is 11.5 Å². The summed E-state index contributed by atoms with van der Waals surface area (Å²) in [7, 11) is 0. The first-order valence-corrected chi connectivity index (χ1v) is 8.47. The molecule has 0 saturated heterocycles. The van der Waals surface area contributed by atoms with Gasteiger partial charge in [-0.2, -0.15) is 0 Å². The number of benzene rings is 2. The van der Waals surface area contributed by atoms with Crippen molar-refractivity contribution in [1.82, 2.24) is 5.32 Å². The molecular weight excluding hydrogens is 326 g/mol. The standard InChI is InChI=1S/C22H23NO3/c1-3-11-19-12-7-8-15-21(19)25-17-10-9-16-23-22(24)18(2)26-20-13-5-4-6-14-20/h3-8,12-15,18H,1,11,16-17H2,2H3,(H,23,24). The summed E-state index contributed by atoms with van der Waals surface area (Å²) in [6.45, 7) is 5.96. The predicted octanol–water partition coefficient (Wildman–Crippen LogP) is 3.38. The van der Waals surface area contributed by atoms with Gasteiger partial charge in [0.2, 0.25) is 0 Å². The van der Waals surface area contributed by atoms with Gasteiger partial charge in [0.15, 0.2) is 6.10 Å². The lowest BCUT2D eigenvalue weighted by molar-refractivity contribution is -0.126. The van der Waals surface area contributed by atoms with Crippen LogP contribution < -0.4 is 14.8 Å². The molecule has 0 aliphatic rings. The van der Waals surface area contributed by atoms with Crippen LogP contribution in [0, 0.1) is 11.8 Å². The minimum Gasteiger partial charge on any atom is -0.481 e. The van der Waals surface area contributed by atoms with Gasteiger partial charge in [0.05, 0.1) is 6.54 Å². The summed E-state index contributed by atoms with van der Waals surface area (Å²) in [4.78, 5) is 12.0. The third kappa shape index (κ3) is 6.37. The van der Waals surface area contributed by atoms with E-state index in [9.17, 15) is 4.79 Å². The molecule has 1 atom stereocenters. The largest absolute Gasteiger partial charge is 0.481 e. The molecule has 2 aromatic carbocycles. The number of carbonyl (C=O) groups is 1. The zero-order chi connectivity index (χ0) is 18.6. The molecule has 0 saturated carbocycles. The number of carbonyl (C=O) groups excluding carboxylic acids is 1. The molecule has 4 nitrogen and oxygen atoms in total. The molecule has 2 rings (SSSR count). The van der Waals surface area contributed by atoms with Crippen molar-refractivity contribution in [3.8, 4) is 23.3 Å². The highest BCUT2D eigenvalue weighted by molar-refractivity contribution is 5.80. The Balaban J connectivity index is 1.71. The highest BCUT2D eigenvalue weighted by Gasteiger charge is 2.13. The van der Waals surface area contributed by atoms with Crippen molar-refractivity contribution in [3.05, 3.63) is 72.8 Å². The molecule has 134 valence electrons. The Kier molecular flexibility index (Phi) is 7.82. The lowest BCUT2D eigenvalue weighted by Crippen LogP contribution is -2.36. The minimum absolute atomic E-state index is 0.208. The quantitative estimate of drug-likeness (QED) is 0.587. The molecule has 4 heteroatoms. The van der Waals surface area contributed by atoms with E-state index in [4.69, 9.17) is 9.47 Å². The maximum Gasteiger partial charge on any atom is 0.261 e. The first-order valence-electron chi connectivity index (χ1n) is 8.47. The van der Waals surface area contributed by atoms with Crippen LogP contribution in [-0.4, -0.2) is 25.2 Å². The van der Waals surface area contributed by atoms with E-state index in [0.29, 0.717) is 5.75 Å². The summed E-state index contributed by atoms with van der Waals surface area (Å²) >= 11 is 0. The fraction of sp³-hybridized carbons (Fsp3) is 0.227. The number of hydrogen-bond acceptors (Lipinski definition) is 3. The summed E-state index contributed by atoms with van der Waals surface area (Å²) < 4.78 is 11.2. The lowest BCUT2D eigenvalue weighted by atomic mass is 10.1. The number of allylic oxidation sites excluding steroid dienone is 1. The smallest absolute Gasteiger partial charge is 0.261 e. The van der Waals surface area contributed by atoms with E-state index in [0.717, 1.165) is 17.7 Å². The average Bonchev–Trinajstić information content (AvgIpc) is 2.66. The summed E-state index contributed by atoms with van der Waals surface area (Å²) in [5, 5.41) is 2.73. The van der Waals surface area contributed by atoms with Crippen LogP contribution in [0.4, 0.5) is 0 Å². The van der Waals surface area contributed by atoms with E-state index in [2.05, 4.69) is 23.7 Å². The van der Waals surface area contributed by atoms with Crippen molar-refractivity contribution >= 4 is 5.91 Å². The van der Waals surface area contributed by atoms with Gasteiger partial charge in [-0.15, -0.1) is 6.58 Å². The Labute approximate surface area is 154 Å². The average molecular weight is 349 g/mol. The number of nitrogens with one attached hydrogen (secondary N) is 1. The second kappa shape index (κ2) is 10.6. The van der Waals surface area contributed by atoms with E-state index < -0.39 is 6.10 Å². The van der Waals surface area contributed by atoms with Gasteiger partial charge in [-0.1, -0.05) is 54.3 Å². The van der Waals surface area contributed by atoms with Gasteiger partial charge in [0.1, 0.15) is 18.1 Å². The van der Waals surface area contributed by atoms with E-state index in [1.54, 1.807) is 6.92 Å². The Bertz CT molecular complexity index is 775. The van der Waals surface area contributed by atoms with Crippen molar-refractivity contribution in [3.63, 3.8) is 0 Å². The van der Waals surface area contributed by atoms with Crippen molar-refractivity contribution in [1.29, 1.82) is 0 Å². The summed E-state index contributed by atoms with van der Waals surface area (Å²) in [5.74, 6) is 7.02. The zero-order valence-corrected chi connectivity index (χ0v) is 14.9. The minimum atomic E-state index is -0.582. The maximum atomic E-state index is 12.0. The number of amides is 1. The van der Waals surface area contributed by atoms with Crippen molar-refractivity contribution in [2.45, 2.75) is 19.4 Å². The van der Waals surface area contributed by atoms with E-state index in [1.807, 2.05) is 60.7 Å². The van der Waals surface area contributed by atoms with Crippen LogP contribution in [0.15, 0.2) is 67.3 Å². The highest BCUT2D eigenvalue weighted by atomic mass is 16.5. The second-order valence-corrected chi connectivity index (χ2v) is 5.53. The van der Waals surface area contributed by atoms with Crippen LogP contribution in [0.1, 0.15) is 12.5 Å². The molecule has 0 fully saturated rings. The molecule has 0 bridgehead atoms. The van der Waals surface area contributed by atoms with Gasteiger partial charge in [-0.25, -0.2) is 0 Å². The van der Waals surface area contributed by atoms with Gasteiger partial charge in [0, 0.05) is 0 Å². The maximum absolute atomic E-state index is 12.0. The molecule has 1 amide bonds.